The average molecular weight is 573 g/mol. The van der Waals surface area contributed by atoms with Gasteiger partial charge in [0.1, 0.15) is 0 Å². The van der Waals surface area contributed by atoms with Crippen LogP contribution in [0.2, 0.25) is 0 Å². The molecule has 0 heteroatoms. The van der Waals surface area contributed by atoms with Crippen LogP contribution in [0.4, 0.5) is 0 Å². The van der Waals surface area contributed by atoms with Crippen molar-refractivity contribution < 1.29 is 0 Å². The van der Waals surface area contributed by atoms with Gasteiger partial charge in [-0.15, -0.1) is 0 Å². The van der Waals surface area contributed by atoms with Crippen molar-refractivity contribution in [2.45, 2.75) is 19.3 Å². The first-order chi connectivity index (χ1) is 22.3. The third-order valence-electron chi connectivity index (χ3n) is 9.93. The van der Waals surface area contributed by atoms with E-state index in [1.54, 1.807) is 0 Å². The van der Waals surface area contributed by atoms with Crippen LogP contribution in [0.15, 0.2) is 158 Å². The summed E-state index contributed by atoms with van der Waals surface area (Å²) in [5, 5.41) is 7.79. The summed E-state index contributed by atoms with van der Waals surface area (Å²) < 4.78 is 0. The van der Waals surface area contributed by atoms with Crippen LogP contribution in [0.3, 0.4) is 0 Å². The van der Waals surface area contributed by atoms with E-state index in [-0.39, 0.29) is 0 Å². The van der Waals surface area contributed by atoms with Crippen molar-refractivity contribution in [3.8, 4) is 44.5 Å². The number of benzene rings is 8. The lowest BCUT2D eigenvalue weighted by Crippen LogP contribution is -2.11. The van der Waals surface area contributed by atoms with Crippen LogP contribution in [0.5, 0.6) is 0 Å². The zero-order valence-corrected chi connectivity index (χ0v) is 25.3. The van der Waals surface area contributed by atoms with Gasteiger partial charge in [0.05, 0.1) is 0 Å². The summed E-state index contributed by atoms with van der Waals surface area (Å²) in [6.45, 7) is 2.40. The van der Waals surface area contributed by atoms with Crippen molar-refractivity contribution in [2.75, 3.05) is 0 Å². The van der Waals surface area contributed by atoms with Gasteiger partial charge in [-0.2, -0.15) is 0 Å². The van der Waals surface area contributed by atoms with Crippen LogP contribution in [-0.4, -0.2) is 0 Å². The third kappa shape index (κ3) is 3.99. The van der Waals surface area contributed by atoms with Gasteiger partial charge in [-0.1, -0.05) is 165 Å². The lowest BCUT2D eigenvalue weighted by molar-refractivity contribution is 0.751. The van der Waals surface area contributed by atoms with E-state index in [9.17, 15) is 0 Å². The predicted octanol–water partition coefficient (Wildman–Crippen LogP) is 12.5. The molecule has 9 rings (SSSR count). The minimum Gasteiger partial charge on any atom is -0.0622 e. The molecule has 0 N–H and O–H groups in total. The zero-order chi connectivity index (χ0) is 29.9. The maximum atomic E-state index is 2.40. The zero-order valence-electron chi connectivity index (χ0n) is 25.3. The number of hydrogen-bond donors (Lipinski definition) is 0. The molecule has 212 valence electrons. The van der Waals surface area contributed by atoms with Crippen molar-refractivity contribution >= 4 is 32.3 Å². The van der Waals surface area contributed by atoms with E-state index in [2.05, 4.69) is 165 Å². The summed E-state index contributed by atoms with van der Waals surface area (Å²) in [7, 11) is 0. The molecular weight excluding hydrogens is 540 g/mol. The fourth-order valence-electron chi connectivity index (χ4n) is 7.99. The first kappa shape index (κ1) is 26.0. The van der Waals surface area contributed by atoms with Crippen LogP contribution in [0, 0.1) is 0 Å². The summed E-state index contributed by atoms with van der Waals surface area (Å²) in [5.74, 6) is 0.407. The van der Waals surface area contributed by atoms with Crippen molar-refractivity contribution in [3.63, 3.8) is 0 Å². The first-order valence-corrected chi connectivity index (χ1v) is 16.0. The Hall–Kier alpha value is -5.46. The summed E-state index contributed by atoms with van der Waals surface area (Å²) >= 11 is 0. The molecule has 1 aliphatic rings. The molecule has 1 aliphatic carbocycles. The topological polar surface area (TPSA) is 0 Å². The minimum absolute atomic E-state index is 0.407. The molecule has 0 radical (unpaired) electrons. The molecule has 0 saturated carbocycles. The normalized spacial score (nSPS) is 14.0. The summed E-state index contributed by atoms with van der Waals surface area (Å²) in [6, 6.07) is 58.3. The molecule has 1 unspecified atom stereocenters. The maximum absolute atomic E-state index is 2.40. The highest BCUT2D eigenvalue weighted by molar-refractivity contribution is 6.22. The second kappa shape index (κ2) is 10.3. The van der Waals surface area contributed by atoms with Crippen LogP contribution < -0.4 is 0 Å². The number of rotatable bonds is 3. The van der Waals surface area contributed by atoms with Crippen LogP contribution >= 0.6 is 0 Å². The van der Waals surface area contributed by atoms with Crippen molar-refractivity contribution in [2.24, 2.45) is 0 Å². The highest BCUT2D eigenvalue weighted by atomic mass is 14.3. The second-order valence-corrected chi connectivity index (χ2v) is 12.4. The largest absolute Gasteiger partial charge is 0.0622 e. The van der Waals surface area contributed by atoms with Gasteiger partial charge < -0.3 is 0 Å². The van der Waals surface area contributed by atoms with Crippen molar-refractivity contribution in [3.05, 3.63) is 169 Å². The summed E-state index contributed by atoms with van der Waals surface area (Å²) in [6.07, 6.45) is 1.03. The lowest BCUT2D eigenvalue weighted by Gasteiger charge is -2.30. The molecule has 0 bridgehead atoms. The van der Waals surface area contributed by atoms with E-state index >= 15 is 0 Å². The highest BCUT2D eigenvalue weighted by Crippen LogP contribution is 2.51. The van der Waals surface area contributed by atoms with Crippen molar-refractivity contribution in [1.29, 1.82) is 0 Å². The Morgan fingerprint density at radius 2 is 0.889 bits per heavy atom. The van der Waals surface area contributed by atoms with Gasteiger partial charge in [-0.3, -0.25) is 0 Å². The number of fused-ring (bicyclic) bond motifs is 6. The third-order valence-corrected chi connectivity index (χ3v) is 9.93. The van der Waals surface area contributed by atoms with Gasteiger partial charge in [0.2, 0.25) is 0 Å². The van der Waals surface area contributed by atoms with Gasteiger partial charge in [-0.05, 0) is 100 Å². The highest BCUT2D eigenvalue weighted by Gasteiger charge is 2.28. The molecule has 0 aliphatic heterocycles. The van der Waals surface area contributed by atoms with Crippen LogP contribution in [0.25, 0.3) is 76.8 Å². The standard InChI is InChI=1S/C45H32/c1-29-28-42-35(34-24-11-17-30-14-5-6-18-33(30)34)25-13-26-40(42)44-32(29)23-12-27-41(44)45-38-21-9-7-19-36(38)43(31-15-3-2-4-16-31)37-20-8-10-22-39(37)45/h2-27,29H,28H2,1H3. The van der Waals surface area contributed by atoms with Crippen LogP contribution in [0.1, 0.15) is 24.0 Å². The van der Waals surface area contributed by atoms with E-state index in [0.29, 0.717) is 5.92 Å². The van der Waals surface area contributed by atoms with Gasteiger partial charge >= 0.3 is 0 Å². The van der Waals surface area contributed by atoms with E-state index in [1.807, 2.05) is 0 Å². The van der Waals surface area contributed by atoms with E-state index < -0.39 is 0 Å². The van der Waals surface area contributed by atoms with Gasteiger partial charge in [-0.25, -0.2) is 0 Å². The van der Waals surface area contributed by atoms with Gasteiger partial charge in [0, 0.05) is 0 Å². The van der Waals surface area contributed by atoms with E-state index in [1.165, 1.54) is 88.0 Å². The molecular formula is C45H32. The van der Waals surface area contributed by atoms with Crippen LogP contribution in [-0.2, 0) is 6.42 Å². The predicted molar refractivity (Wildman–Crippen MR) is 193 cm³/mol. The van der Waals surface area contributed by atoms with Crippen molar-refractivity contribution in [1.82, 2.24) is 0 Å². The Labute approximate surface area is 264 Å². The Morgan fingerprint density at radius 3 is 1.62 bits per heavy atom. The Balaban J connectivity index is 1.37. The molecule has 0 nitrogen and oxygen atoms in total. The molecule has 1 atom stereocenters. The molecule has 45 heavy (non-hydrogen) atoms. The molecule has 0 aromatic heterocycles. The Kier molecular flexibility index (Phi) is 5.96. The molecule has 0 spiro atoms. The molecule has 0 heterocycles. The molecule has 0 saturated heterocycles. The Bertz CT molecular complexity index is 2350. The lowest BCUT2D eigenvalue weighted by atomic mass is 9.73. The first-order valence-electron chi connectivity index (χ1n) is 16.0. The average Bonchev–Trinajstić information content (AvgIpc) is 3.10. The number of hydrogen-bond acceptors (Lipinski definition) is 0. The Morgan fingerprint density at radius 1 is 0.378 bits per heavy atom. The van der Waals surface area contributed by atoms with E-state index in [0.717, 1.165) is 6.42 Å². The summed E-state index contributed by atoms with van der Waals surface area (Å²) in [5.41, 5.74) is 13.5. The molecule has 8 aromatic rings. The quantitative estimate of drug-likeness (QED) is 0.185. The SMILES string of the molecule is CC1Cc2c(cccc2-c2cccc3ccccc23)-c2c(-c3c4ccccc4c(-c4ccccc4)c4ccccc34)cccc21. The molecule has 0 fully saturated rings. The fraction of sp³-hybridized carbons (Fsp3) is 0.0667. The molecule has 8 aromatic carbocycles. The van der Waals surface area contributed by atoms with Gasteiger partial charge in [0.15, 0.2) is 0 Å². The molecule has 0 amide bonds. The van der Waals surface area contributed by atoms with E-state index in [4.69, 9.17) is 0 Å². The fourth-order valence-corrected chi connectivity index (χ4v) is 7.99. The smallest absolute Gasteiger partial charge is 0.00200 e. The second-order valence-electron chi connectivity index (χ2n) is 12.4. The summed E-state index contributed by atoms with van der Waals surface area (Å²) in [4.78, 5) is 0. The minimum atomic E-state index is 0.407. The monoisotopic (exact) mass is 572 g/mol. The maximum Gasteiger partial charge on any atom is -0.00200 e. The van der Waals surface area contributed by atoms with Gasteiger partial charge in [0.25, 0.3) is 0 Å².